The van der Waals surface area contributed by atoms with E-state index < -0.39 is 23.3 Å². The van der Waals surface area contributed by atoms with E-state index in [9.17, 15) is 17.6 Å². The molecule has 8 heteroatoms. The Morgan fingerprint density at radius 3 is 1.97 bits per heavy atom. The quantitative estimate of drug-likeness (QED) is 0.280. The summed E-state index contributed by atoms with van der Waals surface area (Å²) >= 11 is 0. The number of hydrogen-bond donors (Lipinski definition) is 0. The van der Waals surface area contributed by atoms with Gasteiger partial charge in [0, 0.05) is 34.4 Å². The van der Waals surface area contributed by atoms with Crippen LogP contribution < -0.4 is 9.47 Å². The zero-order valence-corrected chi connectivity index (χ0v) is 17.0. The standard InChI is InChI=1S/C24H16F4N2O2/c1-31-14-7-13(8-15(9-14)32-2)23-18(17-10-21(27)22(28)11-20(17)26)12-29-30-24(23)16-5-3-4-6-19(16)25/h3-12H,1-2H3. The summed E-state index contributed by atoms with van der Waals surface area (Å²) in [6.07, 6.45) is 1.21. The third-order valence-electron chi connectivity index (χ3n) is 4.92. The van der Waals surface area contributed by atoms with Gasteiger partial charge in [-0.25, -0.2) is 17.6 Å². The molecular weight excluding hydrogens is 424 g/mol. The van der Waals surface area contributed by atoms with Gasteiger partial charge in [0.25, 0.3) is 0 Å². The molecule has 4 rings (SSSR count). The van der Waals surface area contributed by atoms with Crippen molar-refractivity contribution in [1.29, 1.82) is 0 Å². The number of methoxy groups -OCH3 is 2. The lowest BCUT2D eigenvalue weighted by atomic mass is 9.91. The molecule has 0 aliphatic rings. The molecule has 0 saturated carbocycles. The number of hydrogen-bond acceptors (Lipinski definition) is 4. The Kier molecular flexibility index (Phi) is 5.77. The maximum Gasteiger partial charge on any atom is 0.161 e. The van der Waals surface area contributed by atoms with Crippen LogP contribution in [0.15, 0.2) is 60.8 Å². The van der Waals surface area contributed by atoms with Crippen molar-refractivity contribution in [3.63, 3.8) is 0 Å². The molecule has 0 bridgehead atoms. The van der Waals surface area contributed by atoms with E-state index in [1.165, 1.54) is 38.6 Å². The highest BCUT2D eigenvalue weighted by Crippen LogP contribution is 2.42. The summed E-state index contributed by atoms with van der Waals surface area (Å²) in [4.78, 5) is 0. The van der Waals surface area contributed by atoms with Crippen LogP contribution in [0.25, 0.3) is 33.5 Å². The summed E-state index contributed by atoms with van der Waals surface area (Å²) in [5.74, 6) is -3.33. The number of benzene rings is 3. The molecule has 0 aliphatic heterocycles. The molecule has 0 aliphatic carbocycles. The van der Waals surface area contributed by atoms with Gasteiger partial charge in [0.05, 0.1) is 20.4 Å². The normalized spacial score (nSPS) is 10.8. The number of halogens is 4. The minimum absolute atomic E-state index is 0.0834. The Labute approximate surface area is 181 Å². The van der Waals surface area contributed by atoms with Gasteiger partial charge in [-0.15, -0.1) is 5.10 Å². The molecule has 0 spiro atoms. The Hall–Kier alpha value is -3.94. The summed E-state index contributed by atoms with van der Waals surface area (Å²) < 4.78 is 67.7. The van der Waals surface area contributed by atoms with Gasteiger partial charge in [-0.2, -0.15) is 5.10 Å². The summed E-state index contributed by atoms with van der Waals surface area (Å²) in [5, 5.41) is 7.97. The lowest BCUT2D eigenvalue weighted by Crippen LogP contribution is -2.00. The molecule has 1 heterocycles. The second-order valence-electron chi connectivity index (χ2n) is 6.81. The molecule has 3 aromatic carbocycles. The van der Waals surface area contributed by atoms with Crippen LogP contribution >= 0.6 is 0 Å². The Bertz CT molecular complexity index is 1290. The lowest BCUT2D eigenvalue weighted by Gasteiger charge is -2.17. The molecule has 0 fully saturated rings. The van der Waals surface area contributed by atoms with Gasteiger partial charge in [0.2, 0.25) is 0 Å². The smallest absolute Gasteiger partial charge is 0.161 e. The molecule has 32 heavy (non-hydrogen) atoms. The molecule has 4 nitrogen and oxygen atoms in total. The van der Waals surface area contributed by atoms with E-state index in [2.05, 4.69) is 10.2 Å². The largest absolute Gasteiger partial charge is 0.497 e. The fraction of sp³-hybridized carbons (Fsp3) is 0.0833. The molecule has 4 aromatic rings. The van der Waals surface area contributed by atoms with Crippen molar-refractivity contribution in [3.05, 3.63) is 84.1 Å². The van der Waals surface area contributed by atoms with Gasteiger partial charge in [0.1, 0.15) is 28.8 Å². The van der Waals surface area contributed by atoms with Crippen LogP contribution in [0.4, 0.5) is 17.6 Å². The first-order valence-electron chi connectivity index (χ1n) is 9.42. The van der Waals surface area contributed by atoms with E-state index in [0.717, 1.165) is 6.07 Å². The minimum Gasteiger partial charge on any atom is -0.497 e. The molecule has 1 aromatic heterocycles. The van der Waals surface area contributed by atoms with Crippen LogP contribution in [0.1, 0.15) is 0 Å². The average Bonchev–Trinajstić information content (AvgIpc) is 2.81. The van der Waals surface area contributed by atoms with Gasteiger partial charge >= 0.3 is 0 Å². The molecule has 0 saturated heterocycles. The second kappa shape index (κ2) is 8.66. The van der Waals surface area contributed by atoms with Gasteiger partial charge in [0.15, 0.2) is 11.6 Å². The third-order valence-corrected chi connectivity index (χ3v) is 4.92. The first-order valence-corrected chi connectivity index (χ1v) is 9.42. The zero-order chi connectivity index (χ0) is 22.8. The molecule has 0 amide bonds. The van der Waals surface area contributed by atoms with E-state index in [4.69, 9.17) is 9.47 Å². The maximum absolute atomic E-state index is 14.7. The van der Waals surface area contributed by atoms with E-state index in [-0.39, 0.29) is 27.9 Å². The van der Waals surface area contributed by atoms with Crippen molar-refractivity contribution in [2.24, 2.45) is 0 Å². The van der Waals surface area contributed by atoms with Crippen LogP contribution in [0, 0.1) is 23.3 Å². The zero-order valence-electron chi connectivity index (χ0n) is 17.0. The van der Waals surface area contributed by atoms with E-state index in [1.807, 2.05) is 0 Å². The Morgan fingerprint density at radius 2 is 1.31 bits per heavy atom. The Balaban J connectivity index is 2.11. The van der Waals surface area contributed by atoms with Gasteiger partial charge in [-0.1, -0.05) is 12.1 Å². The van der Waals surface area contributed by atoms with Gasteiger partial charge in [-0.3, -0.25) is 0 Å². The molecule has 0 radical (unpaired) electrons. The van der Waals surface area contributed by atoms with E-state index in [1.54, 1.807) is 24.3 Å². The van der Waals surface area contributed by atoms with Crippen LogP contribution in [0.2, 0.25) is 0 Å². The van der Waals surface area contributed by atoms with Crippen LogP contribution in [0.5, 0.6) is 11.5 Å². The lowest BCUT2D eigenvalue weighted by molar-refractivity contribution is 0.394. The van der Waals surface area contributed by atoms with Crippen molar-refractivity contribution in [3.8, 4) is 45.0 Å². The van der Waals surface area contributed by atoms with Gasteiger partial charge < -0.3 is 9.47 Å². The van der Waals surface area contributed by atoms with Crippen LogP contribution in [-0.4, -0.2) is 24.4 Å². The highest BCUT2D eigenvalue weighted by molar-refractivity contribution is 5.93. The number of nitrogens with zero attached hydrogens (tertiary/aromatic N) is 2. The number of ether oxygens (including phenoxy) is 2. The van der Waals surface area contributed by atoms with Gasteiger partial charge in [-0.05, 0) is 35.9 Å². The molecule has 0 N–H and O–H groups in total. The molecule has 0 atom stereocenters. The summed E-state index contributed by atoms with van der Waals surface area (Å²) in [5.41, 5.74) is 0.681. The molecule has 0 unspecified atom stereocenters. The number of aromatic nitrogens is 2. The monoisotopic (exact) mass is 440 g/mol. The molecular formula is C24H16F4N2O2. The predicted octanol–water partition coefficient (Wildman–Crippen LogP) is 6.05. The molecule has 162 valence electrons. The maximum atomic E-state index is 14.7. The van der Waals surface area contributed by atoms with E-state index >= 15 is 0 Å². The fourth-order valence-corrected chi connectivity index (χ4v) is 3.41. The third kappa shape index (κ3) is 3.87. The summed E-state index contributed by atoms with van der Waals surface area (Å²) in [7, 11) is 2.91. The predicted molar refractivity (Wildman–Crippen MR) is 111 cm³/mol. The highest BCUT2D eigenvalue weighted by Gasteiger charge is 2.22. The van der Waals surface area contributed by atoms with Crippen molar-refractivity contribution in [2.45, 2.75) is 0 Å². The highest BCUT2D eigenvalue weighted by atomic mass is 19.2. The topological polar surface area (TPSA) is 44.2 Å². The first kappa shape index (κ1) is 21.3. The van der Waals surface area contributed by atoms with Crippen molar-refractivity contribution in [1.82, 2.24) is 10.2 Å². The Morgan fingerprint density at radius 1 is 0.656 bits per heavy atom. The summed E-state index contributed by atoms with van der Waals surface area (Å²) in [6, 6.07) is 11.9. The fourth-order valence-electron chi connectivity index (χ4n) is 3.41. The summed E-state index contributed by atoms with van der Waals surface area (Å²) in [6.45, 7) is 0. The van der Waals surface area contributed by atoms with Crippen LogP contribution in [-0.2, 0) is 0 Å². The SMILES string of the molecule is COc1cc(OC)cc(-c2c(-c3cc(F)c(F)cc3F)cnnc2-c2ccccc2F)c1. The first-order chi connectivity index (χ1) is 15.4. The van der Waals surface area contributed by atoms with Crippen molar-refractivity contribution in [2.75, 3.05) is 14.2 Å². The minimum atomic E-state index is -1.33. The van der Waals surface area contributed by atoms with Crippen LogP contribution in [0.3, 0.4) is 0 Å². The second-order valence-corrected chi connectivity index (χ2v) is 6.81. The van der Waals surface area contributed by atoms with Crippen molar-refractivity contribution >= 4 is 0 Å². The average molecular weight is 440 g/mol. The number of rotatable bonds is 5. The van der Waals surface area contributed by atoms with Crippen molar-refractivity contribution < 1.29 is 27.0 Å². The van der Waals surface area contributed by atoms with E-state index in [0.29, 0.717) is 23.1 Å².